The van der Waals surface area contributed by atoms with Gasteiger partial charge in [-0.1, -0.05) is 231 Å². The smallest absolute Gasteiger partial charge is 0.0215 e. The Morgan fingerprint density at radius 2 is 0.527 bits per heavy atom. The lowest BCUT2D eigenvalue weighted by atomic mass is 9.68. The van der Waals surface area contributed by atoms with Crippen LogP contribution in [0.25, 0.3) is 77.9 Å². The van der Waals surface area contributed by atoms with E-state index in [9.17, 15) is 0 Å². The summed E-state index contributed by atoms with van der Waals surface area (Å²) in [5.74, 6) is 4.55. The van der Waals surface area contributed by atoms with Crippen molar-refractivity contribution >= 4 is 0 Å². The van der Waals surface area contributed by atoms with Crippen LogP contribution >= 0.6 is 0 Å². The summed E-state index contributed by atoms with van der Waals surface area (Å²) in [7, 11) is 0. The highest BCUT2D eigenvalue weighted by Crippen LogP contribution is 2.61. The van der Waals surface area contributed by atoms with Gasteiger partial charge in [0.15, 0.2) is 0 Å². The lowest BCUT2D eigenvalue weighted by Gasteiger charge is -2.35. The topological polar surface area (TPSA) is 0 Å². The Morgan fingerprint density at radius 1 is 0.286 bits per heavy atom. The van der Waals surface area contributed by atoms with Gasteiger partial charge in [-0.25, -0.2) is 0 Å². The van der Waals surface area contributed by atoms with Crippen LogP contribution < -0.4 is 0 Å². The molecule has 13 rings (SSSR count). The standard InChI is InChI=1S/C91H110/c1-57(2)37-43-89(44-38-58(3)4)82-49-63(13)21-29-74(82)75-33-27-70(55-84(75)89)71-28-36-79-78-35-26-69(54-86(78)91(87(79)56-71,47-41-61(9)10)48-42-62(11)12)67-24-31-73-72-30-23-66(50-80(72)88(14,15)81(73)51-67)68-25-34-77-76-32-22-65(64-19-17-16-18-20-64)52-83(76)90(85(77)53-68,45-39-59(5)6)46-40-60(7)8/h21-36,49-62,64H,16-20,37-48H2,1-15H3. The minimum absolute atomic E-state index is 0.0184. The predicted molar refractivity (Wildman–Crippen MR) is 394 cm³/mol. The van der Waals surface area contributed by atoms with Crippen LogP contribution in [0.1, 0.15) is 268 Å². The van der Waals surface area contributed by atoms with Gasteiger partial charge in [-0.15, -0.1) is 0 Å². The normalized spacial score (nSPS) is 16.8. The largest absolute Gasteiger partial charge is 0.0628 e. The zero-order valence-electron chi connectivity index (χ0n) is 58.9. The van der Waals surface area contributed by atoms with E-state index in [4.69, 9.17) is 0 Å². The molecule has 8 aromatic rings. The quantitative estimate of drug-likeness (QED) is 0.0634. The van der Waals surface area contributed by atoms with Crippen LogP contribution in [0, 0.1) is 42.4 Å². The van der Waals surface area contributed by atoms with Gasteiger partial charge < -0.3 is 0 Å². The number of hydrogen-bond donors (Lipinski definition) is 0. The van der Waals surface area contributed by atoms with Crippen molar-refractivity contribution in [1.29, 1.82) is 0 Å². The van der Waals surface area contributed by atoms with Crippen molar-refractivity contribution in [2.45, 2.75) is 241 Å². The lowest BCUT2D eigenvalue weighted by molar-refractivity contribution is 0.363. The molecule has 0 aromatic heterocycles. The fraction of sp³-hybridized carbons (Fsp3) is 0.473. The lowest BCUT2D eigenvalue weighted by Crippen LogP contribution is -2.27. The van der Waals surface area contributed by atoms with Gasteiger partial charge in [0.25, 0.3) is 0 Å². The molecule has 5 aliphatic rings. The number of hydrogen-bond acceptors (Lipinski definition) is 0. The van der Waals surface area contributed by atoms with Crippen LogP contribution in [0.15, 0.2) is 146 Å². The van der Waals surface area contributed by atoms with E-state index in [0.29, 0.717) is 41.4 Å². The third-order valence-electron chi connectivity index (χ3n) is 23.9. The summed E-state index contributed by atoms with van der Waals surface area (Å²) in [6.45, 7) is 36.4. The van der Waals surface area contributed by atoms with Crippen molar-refractivity contribution < 1.29 is 0 Å². The Labute approximate surface area is 551 Å². The molecule has 0 amide bonds. The van der Waals surface area contributed by atoms with Crippen LogP contribution in [-0.4, -0.2) is 0 Å². The summed E-state index contributed by atoms with van der Waals surface area (Å²) in [6, 6.07) is 60.8. The first-order valence-corrected chi connectivity index (χ1v) is 36.8. The summed E-state index contributed by atoms with van der Waals surface area (Å²) in [5, 5.41) is 0. The fourth-order valence-corrected chi connectivity index (χ4v) is 18.3. The summed E-state index contributed by atoms with van der Waals surface area (Å²) >= 11 is 0. The minimum atomic E-state index is -0.166. The highest BCUT2D eigenvalue weighted by molar-refractivity contribution is 5.91. The van der Waals surface area contributed by atoms with Gasteiger partial charge in [0.2, 0.25) is 0 Å². The van der Waals surface area contributed by atoms with Crippen molar-refractivity contribution in [1.82, 2.24) is 0 Å². The SMILES string of the molecule is Cc1ccc2c(c1)C(CCC(C)C)(CCC(C)C)c1cc(-c3ccc4c(c3)C(CCC(C)C)(CCC(C)C)c3cc(-c5ccc6c(c5)C(C)(C)c5cc(-c7ccc8c(c7)C(CCC(C)C)(CCC(C)C)c7cc(C9CCCCC9)ccc7-8)ccc5-6)ccc3-4)ccc1-2. The Balaban J connectivity index is 0.858. The number of rotatable bonds is 22. The first kappa shape index (κ1) is 63.5. The Morgan fingerprint density at radius 3 is 0.824 bits per heavy atom. The average molecular weight is 1200 g/mol. The van der Waals surface area contributed by atoms with Crippen LogP contribution in [0.2, 0.25) is 0 Å². The fourth-order valence-electron chi connectivity index (χ4n) is 18.3. The monoisotopic (exact) mass is 1200 g/mol. The van der Waals surface area contributed by atoms with Gasteiger partial charge in [0.1, 0.15) is 0 Å². The molecule has 5 aliphatic carbocycles. The number of fused-ring (bicyclic) bond motifs is 12. The van der Waals surface area contributed by atoms with E-state index in [2.05, 4.69) is 249 Å². The van der Waals surface area contributed by atoms with Crippen molar-refractivity contribution in [3.8, 4) is 77.9 Å². The van der Waals surface area contributed by atoms with E-state index in [1.165, 1.54) is 191 Å². The molecule has 8 aromatic carbocycles. The summed E-state index contributed by atoms with van der Waals surface area (Å²) in [5.41, 5.74) is 34.8. The van der Waals surface area contributed by atoms with E-state index in [0.717, 1.165) is 12.8 Å². The molecule has 0 heteroatoms. The molecule has 0 N–H and O–H groups in total. The molecule has 0 aliphatic heterocycles. The molecule has 1 fully saturated rings. The molecular formula is C91H110. The summed E-state index contributed by atoms with van der Waals surface area (Å²) < 4.78 is 0. The Hall–Kier alpha value is -6.24. The molecule has 0 unspecified atom stereocenters. The molecular weight excluding hydrogens is 1090 g/mol. The number of benzene rings is 8. The highest BCUT2D eigenvalue weighted by Gasteiger charge is 2.47. The molecule has 0 atom stereocenters. The van der Waals surface area contributed by atoms with Crippen LogP contribution in [0.4, 0.5) is 0 Å². The molecule has 0 nitrogen and oxygen atoms in total. The van der Waals surface area contributed by atoms with Crippen molar-refractivity contribution in [3.05, 3.63) is 201 Å². The van der Waals surface area contributed by atoms with Gasteiger partial charge in [0, 0.05) is 21.7 Å². The minimum Gasteiger partial charge on any atom is -0.0628 e. The van der Waals surface area contributed by atoms with Gasteiger partial charge >= 0.3 is 0 Å². The third-order valence-corrected chi connectivity index (χ3v) is 23.9. The number of aryl methyl sites for hydroxylation is 1. The Bertz CT molecular complexity index is 3960. The van der Waals surface area contributed by atoms with E-state index < -0.39 is 0 Å². The summed E-state index contributed by atoms with van der Waals surface area (Å²) in [6.07, 6.45) is 21.3. The summed E-state index contributed by atoms with van der Waals surface area (Å²) in [4.78, 5) is 0. The van der Waals surface area contributed by atoms with Crippen LogP contribution in [-0.2, 0) is 21.7 Å². The van der Waals surface area contributed by atoms with Gasteiger partial charge in [-0.05, 0) is 303 Å². The maximum Gasteiger partial charge on any atom is 0.0215 e. The van der Waals surface area contributed by atoms with E-state index in [1.54, 1.807) is 38.9 Å². The molecule has 474 valence electrons. The molecule has 0 spiro atoms. The highest BCUT2D eigenvalue weighted by atomic mass is 14.5. The van der Waals surface area contributed by atoms with Crippen molar-refractivity contribution in [2.24, 2.45) is 35.5 Å². The maximum atomic E-state index is 2.73. The second kappa shape index (κ2) is 24.9. The predicted octanol–water partition coefficient (Wildman–Crippen LogP) is 26.8. The average Bonchev–Trinajstić information content (AvgIpc) is 1.59. The second-order valence-corrected chi connectivity index (χ2v) is 33.2. The zero-order chi connectivity index (χ0) is 63.9. The van der Waals surface area contributed by atoms with Crippen LogP contribution in [0.3, 0.4) is 0 Å². The van der Waals surface area contributed by atoms with Gasteiger partial charge in [-0.3, -0.25) is 0 Å². The molecule has 0 heterocycles. The molecule has 91 heavy (non-hydrogen) atoms. The zero-order valence-corrected chi connectivity index (χ0v) is 58.9. The Kier molecular flexibility index (Phi) is 17.4. The second-order valence-electron chi connectivity index (χ2n) is 33.2. The van der Waals surface area contributed by atoms with Crippen LogP contribution in [0.5, 0.6) is 0 Å². The molecule has 0 radical (unpaired) electrons. The van der Waals surface area contributed by atoms with Crippen molar-refractivity contribution in [3.63, 3.8) is 0 Å². The van der Waals surface area contributed by atoms with Crippen molar-refractivity contribution in [2.75, 3.05) is 0 Å². The molecule has 1 saturated carbocycles. The van der Waals surface area contributed by atoms with Gasteiger partial charge in [-0.2, -0.15) is 0 Å². The van der Waals surface area contributed by atoms with Gasteiger partial charge in [0.05, 0.1) is 0 Å². The van der Waals surface area contributed by atoms with E-state index in [1.807, 2.05) is 0 Å². The maximum absolute atomic E-state index is 2.73. The molecule has 0 saturated heterocycles. The van der Waals surface area contributed by atoms with E-state index >= 15 is 0 Å². The first-order valence-electron chi connectivity index (χ1n) is 36.8. The van der Waals surface area contributed by atoms with E-state index in [-0.39, 0.29) is 21.7 Å². The third kappa shape index (κ3) is 11.4. The molecule has 0 bridgehead atoms. The first-order chi connectivity index (χ1) is 43.6.